The maximum absolute atomic E-state index is 4.70. The summed E-state index contributed by atoms with van der Waals surface area (Å²) in [6.45, 7) is 6.82. The molecule has 1 N–H and O–H groups in total. The first-order valence-electron chi connectivity index (χ1n) is 8.52. The van der Waals surface area contributed by atoms with Crippen LogP contribution in [0, 0.1) is 6.92 Å². The molecule has 0 aromatic carbocycles. The molecule has 4 heterocycles. The zero-order valence-electron chi connectivity index (χ0n) is 15.0. The Kier molecular flexibility index (Phi) is 4.08. The van der Waals surface area contributed by atoms with Crippen LogP contribution in [0.1, 0.15) is 36.7 Å². The van der Waals surface area contributed by atoms with Crippen molar-refractivity contribution >= 4 is 11.5 Å². The quantitative estimate of drug-likeness (QED) is 0.597. The third-order valence-electron chi connectivity index (χ3n) is 4.12. The first-order valence-corrected chi connectivity index (χ1v) is 8.52. The lowest BCUT2D eigenvalue weighted by Crippen LogP contribution is -2.11. The molecule has 0 atom stereocenters. The highest BCUT2D eigenvalue weighted by Gasteiger charge is 2.12. The molecule has 0 bridgehead atoms. The van der Waals surface area contributed by atoms with E-state index in [4.69, 9.17) is 4.98 Å². The maximum atomic E-state index is 4.70. The summed E-state index contributed by atoms with van der Waals surface area (Å²) in [4.78, 5) is 13.1. The van der Waals surface area contributed by atoms with Crippen molar-refractivity contribution in [2.75, 3.05) is 5.32 Å². The number of nitrogens with zero attached hydrogens (tertiary/aromatic N) is 7. The molecule has 0 radical (unpaired) electrons. The molecule has 8 nitrogen and oxygen atoms in total. The number of aryl methyl sites for hydroxylation is 1. The van der Waals surface area contributed by atoms with Crippen molar-refractivity contribution < 1.29 is 0 Å². The Morgan fingerprint density at radius 1 is 1.23 bits per heavy atom. The molecular weight excluding hydrogens is 328 g/mol. The first kappa shape index (κ1) is 16.2. The van der Waals surface area contributed by atoms with Crippen LogP contribution in [0.5, 0.6) is 0 Å². The monoisotopic (exact) mass is 348 g/mol. The number of nitrogens with one attached hydrogen (secondary N) is 1. The van der Waals surface area contributed by atoms with Crippen LogP contribution >= 0.6 is 0 Å². The average Bonchev–Trinajstić information content (AvgIpc) is 3.28. The Morgan fingerprint density at radius 2 is 2.12 bits per heavy atom. The molecular formula is C18H20N8. The fourth-order valence-corrected chi connectivity index (χ4v) is 2.81. The van der Waals surface area contributed by atoms with E-state index in [2.05, 4.69) is 45.4 Å². The molecule has 0 spiro atoms. The van der Waals surface area contributed by atoms with Crippen molar-refractivity contribution in [3.63, 3.8) is 0 Å². The Morgan fingerprint density at radius 3 is 2.88 bits per heavy atom. The van der Waals surface area contributed by atoms with Crippen molar-refractivity contribution in [3.05, 3.63) is 60.1 Å². The second kappa shape index (κ2) is 6.55. The largest absolute Gasteiger partial charge is 0.366 e. The zero-order chi connectivity index (χ0) is 18.1. The minimum absolute atomic E-state index is 0.333. The summed E-state index contributed by atoms with van der Waals surface area (Å²) in [6, 6.07) is 7.97. The molecule has 0 aliphatic carbocycles. The Labute approximate surface area is 150 Å². The summed E-state index contributed by atoms with van der Waals surface area (Å²) in [5.41, 5.74) is 3.82. The lowest BCUT2D eigenvalue weighted by molar-refractivity contribution is 0.803. The number of pyridine rings is 1. The van der Waals surface area contributed by atoms with Crippen molar-refractivity contribution in [1.82, 2.24) is 34.3 Å². The minimum Gasteiger partial charge on any atom is -0.366 e. The molecule has 0 fully saturated rings. The van der Waals surface area contributed by atoms with Gasteiger partial charge in [-0.05, 0) is 18.9 Å². The Hall–Kier alpha value is -3.29. The standard InChI is InChI=1S/C18H20N8/c1-12(2)15-8-16(26-17(23-15)7-13(3)24-26)21-9-14-5-4-6-20-18(14)25-11-19-10-22-25/h4-8,10-12,21H,9H2,1-3H3. The molecule has 0 unspecified atom stereocenters. The van der Waals surface area contributed by atoms with Crippen LogP contribution < -0.4 is 5.32 Å². The molecule has 0 saturated carbocycles. The molecule has 0 aliphatic rings. The minimum atomic E-state index is 0.333. The third kappa shape index (κ3) is 3.01. The van der Waals surface area contributed by atoms with Crippen molar-refractivity contribution in [2.45, 2.75) is 33.2 Å². The summed E-state index contributed by atoms with van der Waals surface area (Å²) in [5, 5.41) is 12.2. The number of aromatic nitrogens is 7. The van der Waals surface area contributed by atoms with Gasteiger partial charge in [0.2, 0.25) is 0 Å². The topological polar surface area (TPSA) is 85.8 Å². The fourth-order valence-electron chi connectivity index (χ4n) is 2.81. The SMILES string of the molecule is Cc1cc2nc(C(C)C)cc(NCc3cccnc3-n3cncn3)n2n1. The summed E-state index contributed by atoms with van der Waals surface area (Å²) in [5.74, 6) is 1.99. The molecule has 132 valence electrons. The molecule has 0 amide bonds. The first-order chi connectivity index (χ1) is 12.6. The summed E-state index contributed by atoms with van der Waals surface area (Å²) >= 11 is 0. The van der Waals surface area contributed by atoms with E-state index < -0.39 is 0 Å². The second-order valence-corrected chi connectivity index (χ2v) is 6.46. The van der Waals surface area contributed by atoms with Gasteiger partial charge in [0, 0.05) is 36.1 Å². The van der Waals surface area contributed by atoms with E-state index in [9.17, 15) is 0 Å². The summed E-state index contributed by atoms with van der Waals surface area (Å²) in [6.07, 6.45) is 4.89. The molecule has 4 rings (SSSR count). The predicted molar refractivity (Wildman–Crippen MR) is 98.3 cm³/mol. The molecule has 0 aliphatic heterocycles. The van der Waals surface area contributed by atoms with Crippen LogP contribution in [0.3, 0.4) is 0 Å². The number of hydrogen-bond acceptors (Lipinski definition) is 6. The fraction of sp³-hybridized carbons (Fsp3) is 0.278. The van der Waals surface area contributed by atoms with Crippen LogP contribution in [-0.2, 0) is 6.54 Å². The Balaban J connectivity index is 1.69. The van der Waals surface area contributed by atoms with E-state index in [0.29, 0.717) is 12.5 Å². The molecule has 4 aromatic heterocycles. The van der Waals surface area contributed by atoms with Gasteiger partial charge in [0.15, 0.2) is 11.5 Å². The van der Waals surface area contributed by atoms with Crippen LogP contribution in [-0.4, -0.2) is 34.3 Å². The number of fused-ring (bicyclic) bond motifs is 1. The Bertz CT molecular complexity index is 1030. The van der Waals surface area contributed by atoms with Crippen molar-refractivity contribution in [3.8, 4) is 5.82 Å². The van der Waals surface area contributed by atoms with Crippen LogP contribution in [0.2, 0.25) is 0 Å². The zero-order valence-corrected chi connectivity index (χ0v) is 15.0. The van der Waals surface area contributed by atoms with Gasteiger partial charge >= 0.3 is 0 Å². The molecule has 26 heavy (non-hydrogen) atoms. The molecule has 8 heteroatoms. The van der Waals surface area contributed by atoms with Gasteiger partial charge in [-0.1, -0.05) is 19.9 Å². The van der Waals surface area contributed by atoms with E-state index in [1.165, 1.54) is 6.33 Å². The van der Waals surface area contributed by atoms with Crippen molar-refractivity contribution in [1.29, 1.82) is 0 Å². The van der Waals surface area contributed by atoms with Crippen LogP contribution in [0.15, 0.2) is 43.1 Å². The normalized spacial score (nSPS) is 11.4. The van der Waals surface area contributed by atoms with Crippen molar-refractivity contribution in [2.24, 2.45) is 0 Å². The summed E-state index contributed by atoms with van der Waals surface area (Å²) < 4.78 is 3.50. The van der Waals surface area contributed by atoms with E-state index in [0.717, 1.165) is 34.2 Å². The molecule has 4 aromatic rings. The van der Waals surface area contributed by atoms with E-state index in [-0.39, 0.29) is 0 Å². The number of hydrogen-bond donors (Lipinski definition) is 1. The van der Waals surface area contributed by atoms with Gasteiger partial charge in [-0.15, -0.1) is 0 Å². The lowest BCUT2D eigenvalue weighted by Gasteiger charge is -2.13. The highest BCUT2D eigenvalue weighted by Crippen LogP contribution is 2.21. The maximum Gasteiger partial charge on any atom is 0.160 e. The number of anilines is 1. The van der Waals surface area contributed by atoms with E-state index >= 15 is 0 Å². The van der Waals surface area contributed by atoms with Crippen LogP contribution in [0.4, 0.5) is 5.82 Å². The third-order valence-corrected chi connectivity index (χ3v) is 4.12. The van der Waals surface area contributed by atoms with Gasteiger partial charge in [-0.3, -0.25) is 0 Å². The highest BCUT2D eigenvalue weighted by molar-refractivity contribution is 5.51. The van der Waals surface area contributed by atoms with Gasteiger partial charge in [-0.2, -0.15) is 14.7 Å². The number of rotatable bonds is 5. The molecule has 0 saturated heterocycles. The summed E-state index contributed by atoms with van der Waals surface area (Å²) in [7, 11) is 0. The van der Waals surface area contributed by atoms with Gasteiger partial charge in [0.05, 0.1) is 5.69 Å². The average molecular weight is 348 g/mol. The van der Waals surface area contributed by atoms with Crippen LogP contribution in [0.25, 0.3) is 11.5 Å². The van der Waals surface area contributed by atoms with E-state index in [1.807, 2.05) is 29.6 Å². The van der Waals surface area contributed by atoms with E-state index in [1.54, 1.807) is 17.2 Å². The van der Waals surface area contributed by atoms with Gasteiger partial charge in [0.1, 0.15) is 18.5 Å². The van der Waals surface area contributed by atoms with Gasteiger partial charge in [-0.25, -0.2) is 19.6 Å². The predicted octanol–water partition coefficient (Wildman–Crippen LogP) is 2.75. The second-order valence-electron chi connectivity index (χ2n) is 6.46. The lowest BCUT2D eigenvalue weighted by atomic mass is 10.1. The van der Waals surface area contributed by atoms with Gasteiger partial charge < -0.3 is 5.32 Å². The van der Waals surface area contributed by atoms with Gasteiger partial charge in [0.25, 0.3) is 0 Å². The highest BCUT2D eigenvalue weighted by atomic mass is 15.3. The smallest absolute Gasteiger partial charge is 0.160 e.